The molecule has 0 radical (unpaired) electrons. The van der Waals surface area contributed by atoms with Crippen molar-refractivity contribution in [2.24, 2.45) is 0 Å². The van der Waals surface area contributed by atoms with Crippen molar-refractivity contribution in [3.05, 3.63) is 40.6 Å². The van der Waals surface area contributed by atoms with E-state index in [1.165, 1.54) is 11.3 Å². The highest BCUT2D eigenvalue weighted by Crippen LogP contribution is 2.25. The molecule has 1 amide bonds. The van der Waals surface area contributed by atoms with Crippen LogP contribution in [0.1, 0.15) is 16.6 Å². The first-order valence-corrected chi connectivity index (χ1v) is 9.25. The maximum Gasteiger partial charge on any atom is 0.267 e. The summed E-state index contributed by atoms with van der Waals surface area (Å²) in [6, 6.07) is 8.51. The van der Waals surface area contributed by atoms with Crippen LogP contribution < -0.4 is 14.8 Å². The van der Waals surface area contributed by atoms with Gasteiger partial charge in [-0.25, -0.2) is 8.42 Å². The van der Waals surface area contributed by atoms with Crippen molar-refractivity contribution < 1.29 is 17.9 Å². The van der Waals surface area contributed by atoms with Crippen LogP contribution in [0.15, 0.2) is 35.7 Å². The van der Waals surface area contributed by atoms with Crippen molar-refractivity contribution in [3.8, 4) is 5.75 Å². The molecule has 0 fully saturated rings. The van der Waals surface area contributed by atoms with Gasteiger partial charge in [-0.15, -0.1) is 11.3 Å². The minimum atomic E-state index is -3.43. The van der Waals surface area contributed by atoms with Gasteiger partial charge >= 0.3 is 0 Å². The van der Waals surface area contributed by atoms with Crippen LogP contribution in [0.4, 0.5) is 11.4 Å². The largest absolute Gasteiger partial charge is 0.494 e. The number of thiophene rings is 1. The summed E-state index contributed by atoms with van der Waals surface area (Å²) in [5.41, 5.74) is 0.878. The Kier molecular flexibility index (Phi) is 5.04. The SMILES string of the molecule is CCOc1ccc(NC(=O)c2sccc2NS(C)(=O)=O)cc1. The Hall–Kier alpha value is -2.06. The summed E-state index contributed by atoms with van der Waals surface area (Å²) in [6.45, 7) is 2.46. The van der Waals surface area contributed by atoms with E-state index in [0.717, 1.165) is 12.0 Å². The molecule has 0 aliphatic rings. The van der Waals surface area contributed by atoms with Gasteiger partial charge in [-0.2, -0.15) is 0 Å². The zero-order valence-corrected chi connectivity index (χ0v) is 13.8. The van der Waals surface area contributed by atoms with Gasteiger partial charge in [-0.05, 0) is 42.6 Å². The Morgan fingerprint density at radius 3 is 2.50 bits per heavy atom. The number of carbonyl (C=O) groups is 1. The van der Waals surface area contributed by atoms with Crippen LogP contribution >= 0.6 is 11.3 Å². The number of hydrogen-bond donors (Lipinski definition) is 2. The van der Waals surface area contributed by atoms with Crippen LogP contribution in [-0.2, 0) is 10.0 Å². The van der Waals surface area contributed by atoms with E-state index in [9.17, 15) is 13.2 Å². The molecule has 0 saturated carbocycles. The summed E-state index contributed by atoms with van der Waals surface area (Å²) in [6.07, 6.45) is 1.04. The van der Waals surface area contributed by atoms with Crippen LogP contribution in [0.25, 0.3) is 0 Å². The minimum Gasteiger partial charge on any atom is -0.494 e. The third-order valence-electron chi connectivity index (χ3n) is 2.59. The van der Waals surface area contributed by atoms with Crippen molar-refractivity contribution in [2.45, 2.75) is 6.92 Å². The third-order valence-corrected chi connectivity index (χ3v) is 4.09. The first kappa shape index (κ1) is 16.3. The first-order chi connectivity index (χ1) is 10.4. The Morgan fingerprint density at radius 1 is 1.23 bits per heavy atom. The van der Waals surface area contributed by atoms with E-state index < -0.39 is 10.0 Å². The Morgan fingerprint density at radius 2 is 1.91 bits per heavy atom. The normalized spacial score (nSPS) is 11.0. The number of hydrogen-bond acceptors (Lipinski definition) is 5. The van der Waals surface area contributed by atoms with Gasteiger partial charge in [0.05, 0.1) is 18.6 Å². The number of amides is 1. The molecule has 22 heavy (non-hydrogen) atoms. The molecule has 118 valence electrons. The molecular weight excluding hydrogens is 324 g/mol. The smallest absolute Gasteiger partial charge is 0.267 e. The Bertz CT molecular complexity index is 751. The average Bonchev–Trinajstić information content (AvgIpc) is 2.87. The van der Waals surface area contributed by atoms with E-state index in [2.05, 4.69) is 10.0 Å². The number of sulfonamides is 1. The van der Waals surface area contributed by atoms with Gasteiger partial charge in [0, 0.05) is 5.69 Å². The van der Waals surface area contributed by atoms with E-state index in [1.54, 1.807) is 35.7 Å². The average molecular weight is 340 g/mol. The maximum absolute atomic E-state index is 12.2. The van der Waals surface area contributed by atoms with Gasteiger partial charge in [0.25, 0.3) is 5.91 Å². The highest BCUT2D eigenvalue weighted by molar-refractivity contribution is 7.92. The van der Waals surface area contributed by atoms with Crippen LogP contribution in [0.3, 0.4) is 0 Å². The lowest BCUT2D eigenvalue weighted by molar-refractivity contribution is 0.103. The number of nitrogens with one attached hydrogen (secondary N) is 2. The van der Waals surface area contributed by atoms with Crippen molar-refractivity contribution in [2.75, 3.05) is 22.9 Å². The molecule has 1 aromatic heterocycles. The van der Waals surface area contributed by atoms with Crippen LogP contribution in [-0.4, -0.2) is 27.2 Å². The summed E-state index contributed by atoms with van der Waals surface area (Å²) in [7, 11) is -3.43. The highest BCUT2D eigenvalue weighted by Gasteiger charge is 2.16. The molecule has 1 heterocycles. The fourth-order valence-corrected chi connectivity index (χ4v) is 3.13. The van der Waals surface area contributed by atoms with Gasteiger partial charge in [0.2, 0.25) is 10.0 Å². The summed E-state index contributed by atoms with van der Waals surface area (Å²) < 4.78 is 30.2. The molecule has 0 atom stereocenters. The first-order valence-electron chi connectivity index (χ1n) is 6.48. The molecule has 0 bridgehead atoms. The van der Waals surface area contributed by atoms with Gasteiger partial charge in [-0.3, -0.25) is 9.52 Å². The summed E-state index contributed by atoms with van der Waals surface area (Å²) in [4.78, 5) is 12.5. The van der Waals surface area contributed by atoms with E-state index in [0.29, 0.717) is 17.2 Å². The number of carbonyl (C=O) groups excluding carboxylic acids is 1. The molecule has 2 N–H and O–H groups in total. The van der Waals surface area contributed by atoms with Crippen molar-refractivity contribution >= 4 is 38.6 Å². The quantitative estimate of drug-likeness (QED) is 0.847. The maximum atomic E-state index is 12.2. The van der Waals surface area contributed by atoms with Gasteiger partial charge in [0.1, 0.15) is 10.6 Å². The lowest BCUT2D eigenvalue weighted by atomic mass is 10.3. The number of benzene rings is 1. The van der Waals surface area contributed by atoms with E-state index in [1.807, 2.05) is 6.92 Å². The van der Waals surface area contributed by atoms with Crippen LogP contribution in [0.2, 0.25) is 0 Å². The standard InChI is InChI=1S/C14H16N2O4S2/c1-3-20-11-6-4-10(5-7-11)15-14(17)13-12(8-9-21-13)16-22(2,18)19/h4-9,16H,3H2,1-2H3,(H,15,17). The second kappa shape index (κ2) is 6.80. The fraction of sp³-hybridized carbons (Fsp3) is 0.214. The predicted molar refractivity (Wildman–Crippen MR) is 88.3 cm³/mol. The molecule has 8 heteroatoms. The topological polar surface area (TPSA) is 84.5 Å². The highest BCUT2D eigenvalue weighted by atomic mass is 32.2. The molecule has 0 saturated heterocycles. The van der Waals surface area contributed by atoms with E-state index >= 15 is 0 Å². The molecular formula is C14H16N2O4S2. The molecule has 2 aromatic rings. The molecule has 0 spiro atoms. The zero-order valence-electron chi connectivity index (χ0n) is 12.1. The fourth-order valence-electron chi connectivity index (χ4n) is 1.75. The number of ether oxygens (including phenoxy) is 1. The van der Waals surface area contributed by atoms with Gasteiger partial charge < -0.3 is 10.1 Å². The Balaban J connectivity index is 2.11. The zero-order chi connectivity index (χ0) is 16.2. The van der Waals surface area contributed by atoms with Crippen LogP contribution in [0.5, 0.6) is 5.75 Å². The summed E-state index contributed by atoms with van der Waals surface area (Å²) >= 11 is 1.17. The van der Waals surface area contributed by atoms with Gasteiger partial charge in [-0.1, -0.05) is 0 Å². The van der Waals surface area contributed by atoms with Crippen molar-refractivity contribution in [1.29, 1.82) is 0 Å². The molecule has 2 rings (SSSR count). The number of rotatable bonds is 6. The van der Waals surface area contributed by atoms with Crippen molar-refractivity contribution in [1.82, 2.24) is 0 Å². The second-order valence-electron chi connectivity index (χ2n) is 4.45. The van der Waals surface area contributed by atoms with Gasteiger partial charge in [0.15, 0.2) is 0 Å². The summed E-state index contributed by atoms with van der Waals surface area (Å²) in [5, 5.41) is 4.37. The lowest BCUT2D eigenvalue weighted by Gasteiger charge is -2.08. The molecule has 6 nitrogen and oxygen atoms in total. The van der Waals surface area contributed by atoms with Crippen LogP contribution in [0, 0.1) is 0 Å². The second-order valence-corrected chi connectivity index (χ2v) is 7.11. The van der Waals surface area contributed by atoms with Crippen molar-refractivity contribution in [3.63, 3.8) is 0 Å². The third kappa shape index (κ3) is 4.47. The number of anilines is 2. The molecule has 1 aromatic carbocycles. The molecule has 0 aliphatic heterocycles. The molecule has 0 aliphatic carbocycles. The van der Waals surface area contributed by atoms with E-state index in [4.69, 9.17) is 4.74 Å². The monoisotopic (exact) mass is 340 g/mol. The minimum absolute atomic E-state index is 0.274. The Labute approximate surface area is 133 Å². The predicted octanol–water partition coefficient (Wildman–Crippen LogP) is 2.77. The van der Waals surface area contributed by atoms with E-state index in [-0.39, 0.29) is 11.6 Å². The molecule has 0 unspecified atom stereocenters. The summed E-state index contributed by atoms with van der Waals surface area (Å²) in [5.74, 6) is 0.348. The lowest BCUT2D eigenvalue weighted by Crippen LogP contribution is -2.15.